The third-order valence-corrected chi connectivity index (χ3v) is 8.78. The smallest absolute Gasteiger partial charge is 0.309 e. The molecule has 0 spiro atoms. The lowest BCUT2D eigenvalue weighted by Gasteiger charge is -2.49. The van der Waals surface area contributed by atoms with Gasteiger partial charge >= 0.3 is 11.9 Å². The zero-order valence-electron chi connectivity index (χ0n) is 24.0. The van der Waals surface area contributed by atoms with Crippen LogP contribution in [-0.2, 0) is 9.59 Å². The molecule has 2 aliphatic heterocycles. The van der Waals surface area contributed by atoms with Gasteiger partial charge in [-0.25, -0.2) is 0 Å². The predicted octanol–water partition coefficient (Wildman–Crippen LogP) is 6.36. The van der Waals surface area contributed by atoms with E-state index in [9.17, 15) is 19.8 Å². The number of benzene rings is 4. The first-order valence-electron chi connectivity index (χ1n) is 14.5. The summed E-state index contributed by atoms with van der Waals surface area (Å²) in [5, 5.41) is 18.4. The molecule has 2 aliphatic rings. The van der Waals surface area contributed by atoms with Crippen LogP contribution in [0, 0.1) is 11.8 Å². The average Bonchev–Trinajstić information content (AvgIpc) is 3.02. The molecule has 2 N–H and O–H groups in total. The Bertz CT molecular complexity index is 1260. The van der Waals surface area contributed by atoms with Crippen LogP contribution in [0.2, 0.25) is 0 Å². The third-order valence-electron chi connectivity index (χ3n) is 8.78. The molecule has 0 bridgehead atoms. The summed E-state index contributed by atoms with van der Waals surface area (Å²) < 4.78 is 0. The third kappa shape index (κ3) is 6.15. The van der Waals surface area contributed by atoms with Crippen LogP contribution in [-0.4, -0.2) is 57.1 Å². The van der Waals surface area contributed by atoms with Crippen molar-refractivity contribution in [1.82, 2.24) is 9.80 Å². The summed E-state index contributed by atoms with van der Waals surface area (Å²) in [7, 11) is 0. The quantitative estimate of drug-likeness (QED) is 0.260. The largest absolute Gasteiger partial charge is 0.481 e. The van der Waals surface area contributed by atoms with E-state index in [1.807, 2.05) is 86.6 Å². The highest BCUT2D eigenvalue weighted by atomic mass is 16.4. The molecule has 6 heteroatoms. The van der Waals surface area contributed by atoms with Crippen molar-refractivity contribution >= 4 is 11.9 Å². The van der Waals surface area contributed by atoms with Crippen LogP contribution in [0.25, 0.3) is 0 Å². The van der Waals surface area contributed by atoms with Crippen molar-refractivity contribution in [2.75, 3.05) is 13.1 Å². The van der Waals surface area contributed by atoms with E-state index in [2.05, 4.69) is 58.3 Å². The van der Waals surface area contributed by atoms with E-state index in [0.717, 1.165) is 0 Å². The van der Waals surface area contributed by atoms with Crippen LogP contribution < -0.4 is 0 Å². The van der Waals surface area contributed by atoms with Gasteiger partial charge in [-0.3, -0.25) is 19.4 Å². The van der Waals surface area contributed by atoms with Gasteiger partial charge in [-0.05, 0) is 36.1 Å². The Morgan fingerprint density at radius 2 is 0.762 bits per heavy atom. The fourth-order valence-corrected chi connectivity index (χ4v) is 6.22. The molecular weight excluding hydrogens is 524 g/mol. The van der Waals surface area contributed by atoms with Gasteiger partial charge in [0.05, 0.1) is 23.9 Å². The summed E-state index contributed by atoms with van der Waals surface area (Å²) >= 11 is 0. The SMILES string of the molecule is C[C@@H]1[C@@H](C(=O)O)CN1C(c1ccccc1)c1ccccc1.C[C@H]1[C@H](C(=O)O)CN1C(c1ccccc1)c1ccccc1. The predicted molar refractivity (Wildman–Crippen MR) is 164 cm³/mol. The molecule has 4 aromatic carbocycles. The van der Waals surface area contributed by atoms with Crippen LogP contribution in [0.4, 0.5) is 0 Å². The molecule has 2 fully saturated rings. The fourth-order valence-electron chi connectivity index (χ4n) is 6.22. The summed E-state index contributed by atoms with van der Waals surface area (Å²) in [5.41, 5.74) is 4.83. The second-order valence-electron chi connectivity index (χ2n) is 11.2. The molecule has 6 rings (SSSR count). The van der Waals surface area contributed by atoms with Gasteiger partial charge in [0.2, 0.25) is 0 Å². The van der Waals surface area contributed by atoms with E-state index in [1.54, 1.807) is 0 Å². The number of aliphatic carboxylic acids is 2. The van der Waals surface area contributed by atoms with E-state index in [0.29, 0.717) is 13.1 Å². The number of rotatable bonds is 8. The number of carboxylic acid groups (broad SMARTS) is 2. The minimum Gasteiger partial charge on any atom is -0.481 e. The van der Waals surface area contributed by atoms with Gasteiger partial charge in [-0.15, -0.1) is 0 Å². The summed E-state index contributed by atoms with van der Waals surface area (Å²) in [4.78, 5) is 26.9. The second-order valence-corrected chi connectivity index (χ2v) is 11.2. The Kier molecular flexibility index (Phi) is 9.15. The summed E-state index contributed by atoms with van der Waals surface area (Å²) in [5.74, 6) is -1.92. The van der Waals surface area contributed by atoms with Crippen LogP contribution >= 0.6 is 0 Å². The van der Waals surface area contributed by atoms with E-state index < -0.39 is 11.9 Å². The number of hydrogen-bond acceptors (Lipinski definition) is 4. The molecule has 6 nitrogen and oxygen atoms in total. The van der Waals surface area contributed by atoms with Gasteiger partial charge in [-0.1, -0.05) is 121 Å². The fraction of sp³-hybridized carbons (Fsp3) is 0.278. The van der Waals surface area contributed by atoms with Crippen molar-refractivity contribution < 1.29 is 19.8 Å². The lowest BCUT2D eigenvalue weighted by molar-refractivity contribution is -0.154. The van der Waals surface area contributed by atoms with E-state index in [1.165, 1.54) is 22.3 Å². The monoisotopic (exact) mass is 562 g/mol. The van der Waals surface area contributed by atoms with Crippen LogP contribution in [0.15, 0.2) is 121 Å². The van der Waals surface area contributed by atoms with Gasteiger partial charge in [0.15, 0.2) is 0 Å². The number of carbonyl (C=O) groups is 2. The maximum Gasteiger partial charge on any atom is 0.309 e. The summed E-state index contributed by atoms with van der Waals surface area (Å²) in [6.45, 7) is 5.21. The second kappa shape index (κ2) is 13.1. The molecule has 0 unspecified atom stereocenters. The van der Waals surface area contributed by atoms with Crippen LogP contribution in [0.3, 0.4) is 0 Å². The Morgan fingerprint density at radius 1 is 0.524 bits per heavy atom. The van der Waals surface area contributed by atoms with Crippen LogP contribution in [0.5, 0.6) is 0 Å². The van der Waals surface area contributed by atoms with Crippen molar-refractivity contribution in [3.63, 3.8) is 0 Å². The highest BCUT2D eigenvalue weighted by molar-refractivity contribution is 5.73. The van der Waals surface area contributed by atoms with E-state index >= 15 is 0 Å². The Balaban J connectivity index is 0.000000168. The van der Waals surface area contributed by atoms with E-state index in [4.69, 9.17) is 0 Å². The van der Waals surface area contributed by atoms with Gasteiger partial charge in [0.1, 0.15) is 0 Å². The molecule has 42 heavy (non-hydrogen) atoms. The lowest BCUT2D eigenvalue weighted by atomic mass is 9.84. The van der Waals surface area contributed by atoms with Crippen molar-refractivity contribution in [3.8, 4) is 0 Å². The Hall–Kier alpha value is -4.26. The Morgan fingerprint density at radius 3 is 0.952 bits per heavy atom. The zero-order chi connectivity index (χ0) is 29.6. The standard InChI is InChI=1S/2C18H19NO2/c2*1-13-16(18(20)21)12-19(13)17(14-8-4-2-5-9-14)15-10-6-3-7-11-15/h2*2-11,13,16-17H,12H2,1H3,(H,20,21)/t2*13-,16+/m10/s1. The molecule has 0 aliphatic carbocycles. The summed E-state index contributed by atoms with van der Waals surface area (Å²) in [6.07, 6.45) is 0. The first-order valence-corrected chi connectivity index (χ1v) is 14.5. The highest BCUT2D eigenvalue weighted by Gasteiger charge is 2.45. The first-order chi connectivity index (χ1) is 20.4. The van der Waals surface area contributed by atoms with Gasteiger partial charge in [0.25, 0.3) is 0 Å². The maximum absolute atomic E-state index is 11.2. The minimum atomic E-state index is -0.696. The van der Waals surface area contributed by atoms with Gasteiger partial charge in [-0.2, -0.15) is 0 Å². The highest BCUT2D eigenvalue weighted by Crippen LogP contribution is 2.39. The van der Waals surface area contributed by atoms with Crippen molar-refractivity contribution in [3.05, 3.63) is 144 Å². The Labute approximate surface area is 247 Å². The van der Waals surface area contributed by atoms with Crippen molar-refractivity contribution in [2.45, 2.75) is 38.0 Å². The topological polar surface area (TPSA) is 81.1 Å². The zero-order valence-corrected chi connectivity index (χ0v) is 24.0. The molecule has 0 saturated carbocycles. The number of nitrogens with zero attached hydrogens (tertiary/aromatic N) is 2. The summed E-state index contributed by atoms with van der Waals surface area (Å²) in [6, 6.07) is 41.5. The van der Waals surface area contributed by atoms with Crippen molar-refractivity contribution in [1.29, 1.82) is 0 Å². The number of hydrogen-bond donors (Lipinski definition) is 2. The molecule has 0 aromatic heterocycles. The van der Waals surface area contributed by atoms with Crippen LogP contribution in [0.1, 0.15) is 48.2 Å². The van der Waals surface area contributed by atoms with E-state index in [-0.39, 0.29) is 36.0 Å². The molecule has 0 amide bonds. The normalized spacial score (nSPS) is 22.0. The molecule has 4 aromatic rings. The van der Waals surface area contributed by atoms with Gasteiger partial charge in [0, 0.05) is 25.2 Å². The number of carboxylic acids is 2. The maximum atomic E-state index is 11.2. The molecule has 2 saturated heterocycles. The average molecular weight is 563 g/mol. The first kappa shape index (κ1) is 29.2. The molecule has 216 valence electrons. The number of likely N-dealkylation sites (tertiary alicyclic amines) is 2. The molecule has 2 heterocycles. The van der Waals surface area contributed by atoms with Crippen molar-refractivity contribution in [2.24, 2.45) is 11.8 Å². The molecule has 0 radical (unpaired) electrons. The molecular formula is C36H38N2O4. The minimum absolute atomic E-state index is 0.0490. The lowest BCUT2D eigenvalue weighted by Crippen LogP contribution is -2.58. The van der Waals surface area contributed by atoms with Gasteiger partial charge < -0.3 is 10.2 Å². The molecule has 4 atom stereocenters.